The number of nitrogens with one attached hydrogen (secondary N) is 1. The first-order valence-electron chi connectivity index (χ1n) is 6.60. The summed E-state index contributed by atoms with van der Waals surface area (Å²) in [5.41, 5.74) is 0. The highest BCUT2D eigenvalue weighted by atomic mass is 19.4. The normalized spacial score (nSPS) is 31.2. The van der Waals surface area contributed by atoms with E-state index in [0.717, 1.165) is 25.9 Å². The SMILES string of the molecule is FC(F)(F)CCCN1CCCC1C1CCCN1. The highest BCUT2D eigenvalue weighted by Gasteiger charge is 2.33. The molecule has 2 aliphatic heterocycles. The topological polar surface area (TPSA) is 15.3 Å². The molecule has 2 fully saturated rings. The molecule has 2 heterocycles. The summed E-state index contributed by atoms with van der Waals surface area (Å²) in [6.07, 6.45) is 0.262. The van der Waals surface area contributed by atoms with Gasteiger partial charge in [0.1, 0.15) is 0 Å². The van der Waals surface area contributed by atoms with Crippen LogP contribution in [0.2, 0.25) is 0 Å². The monoisotopic (exact) mass is 250 g/mol. The van der Waals surface area contributed by atoms with Crippen molar-refractivity contribution in [1.29, 1.82) is 0 Å². The van der Waals surface area contributed by atoms with Gasteiger partial charge in [0.2, 0.25) is 0 Å². The van der Waals surface area contributed by atoms with Crippen molar-refractivity contribution < 1.29 is 13.2 Å². The number of halogens is 3. The van der Waals surface area contributed by atoms with E-state index in [-0.39, 0.29) is 6.42 Å². The van der Waals surface area contributed by atoms with Gasteiger partial charge < -0.3 is 5.32 Å². The second-order valence-corrected chi connectivity index (χ2v) is 5.17. The van der Waals surface area contributed by atoms with Gasteiger partial charge in [0.25, 0.3) is 0 Å². The molecular weight excluding hydrogens is 229 g/mol. The summed E-state index contributed by atoms with van der Waals surface area (Å²) in [5.74, 6) is 0. The van der Waals surface area contributed by atoms with Crippen LogP contribution in [-0.2, 0) is 0 Å². The number of nitrogens with zero attached hydrogens (tertiary/aromatic N) is 1. The Bertz CT molecular complexity index is 236. The molecule has 5 heteroatoms. The summed E-state index contributed by atoms with van der Waals surface area (Å²) in [4.78, 5) is 2.26. The van der Waals surface area contributed by atoms with Crippen molar-refractivity contribution in [2.75, 3.05) is 19.6 Å². The number of likely N-dealkylation sites (tertiary alicyclic amines) is 1. The quantitative estimate of drug-likeness (QED) is 0.825. The standard InChI is InChI=1S/C12H21F3N2/c13-12(14,15)6-3-9-17-8-2-5-11(17)10-4-1-7-16-10/h10-11,16H,1-9H2. The van der Waals surface area contributed by atoms with Crippen molar-refractivity contribution in [3.8, 4) is 0 Å². The number of hydrogen-bond acceptors (Lipinski definition) is 2. The highest BCUT2D eigenvalue weighted by molar-refractivity contribution is 4.91. The Morgan fingerprint density at radius 2 is 2.00 bits per heavy atom. The molecule has 17 heavy (non-hydrogen) atoms. The van der Waals surface area contributed by atoms with E-state index < -0.39 is 12.6 Å². The Balaban J connectivity index is 1.75. The van der Waals surface area contributed by atoms with Crippen LogP contribution in [0.3, 0.4) is 0 Å². The summed E-state index contributed by atoms with van der Waals surface area (Å²) < 4.78 is 36.3. The largest absolute Gasteiger partial charge is 0.389 e. The van der Waals surface area contributed by atoms with Gasteiger partial charge in [-0.3, -0.25) is 4.90 Å². The Morgan fingerprint density at radius 3 is 2.65 bits per heavy atom. The van der Waals surface area contributed by atoms with Gasteiger partial charge in [-0.05, 0) is 51.7 Å². The van der Waals surface area contributed by atoms with Gasteiger partial charge >= 0.3 is 6.18 Å². The lowest BCUT2D eigenvalue weighted by molar-refractivity contribution is -0.136. The maximum Gasteiger partial charge on any atom is 0.389 e. The fourth-order valence-electron chi connectivity index (χ4n) is 3.11. The third kappa shape index (κ3) is 3.85. The van der Waals surface area contributed by atoms with Crippen LogP contribution >= 0.6 is 0 Å². The molecule has 2 rings (SSSR count). The molecule has 0 aromatic rings. The first-order valence-corrected chi connectivity index (χ1v) is 6.60. The van der Waals surface area contributed by atoms with Gasteiger partial charge in [-0.1, -0.05) is 0 Å². The lowest BCUT2D eigenvalue weighted by atomic mass is 10.0. The van der Waals surface area contributed by atoms with E-state index in [1.165, 1.54) is 12.8 Å². The Hall–Kier alpha value is -0.290. The number of rotatable bonds is 4. The van der Waals surface area contributed by atoms with Crippen molar-refractivity contribution >= 4 is 0 Å². The predicted molar refractivity (Wildman–Crippen MR) is 60.9 cm³/mol. The van der Waals surface area contributed by atoms with Gasteiger partial charge in [0.05, 0.1) is 0 Å². The molecule has 0 bridgehead atoms. The first kappa shape index (κ1) is 13.1. The van der Waals surface area contributed by atoms with Crippen LogP contribution in [0.5, 0.6) is 0 Å². The van der Waals surface area contributed by atoms with E-state index in [1.807, 2.05) is 0 Å². The zero-order valence-electron chi connectivity index (χ0n) is 10.1. The fraction of sp³-hybridized carbons (Fsp3) is 1.00. The average Bonchev–Trinajstić information content (AvgIpc) is 2.82. The van der Waals surface area contributed by atoms with E-state index in [4.69, 9.17) is 0 Å². The summed E-state index contributed by atoms with van der Waals surface area (Å²) in [5, 5.41) is 3.47. The summed E-state index contributed by atoms with van der Waals surface area (Å²) in [7, 11) is 0. The first-order chi connectivity index (χ1) is 8.06. The summed E-state index contributed by atoms with van der Waals surface area (Å²) in [6.45, 7) is 2.64. The van der Waals surface area contributed by atoms with Crippen molar-refractivity contribution in [2.45, 2.75) is 56.8 Å². The lowest BCUT2D eigenvalue weighted by Crippen LogP contribution is -2.44. The molecule has 2 nitrogen and oxygen atoms in total. The third-order valence-electron chi connectivity index (χ3n) is 3.88. The zero-order chi connectivity index (χ0) is 12.3. The molecule has 0 amide bonds. The molecule has 0 spiro atoms. The minimum Gasteiger partial charge on any atom is -0.312 e. The van der Waals surface area contributed by atoms with Crippen LogP contribution in [0.15, 0.2) is 0 Å². The maximum absolute atomic E-state index is 12.1. The Morgan fingerprint density at radius 1 is 1.18 bits per heavy atom. The predicted octanol–water partition coefficient (Wildman–Crippen LogP) is 2.55. The minimum absolute atomic E-state index is 0.243. The molecule has 2 aliphatic rings. The van der Waals surface area contributed by atoms with Gasteiger partial charge in [0.15, 0.2) is 0 Å². The highest BCUT2D eigenvalue weighted by Crippen LogP contribution is 2.27. The fourth-order valence-corrected chi connectivity index (χ4v) is 3.11. The van der Waals surface area contributed by atoms with Crippen LogP contribution in [-0.4, -0.2) is 42.8 Å². The molecule has 0 radical (unpaired) electrons. The molecule has 0 aromatic heterocycles. The van der Waals surface area contributed by atoms with Crippen LogP contribution in [0.1, 0.15) is 38.5 Å². The van der Waals surface area contributed by atoms with Gasteiger partial charge in [-0.25, -0.2) is 0 Å². The van der Waals surface area contributed by atoms with E-state index in [0.29, 0.717) is 18.6 Å². The van der Waals surface area contributed by atoms with E-state index in [2.05, 4.69) is 10.2 Å². The zero-order valence-corrected chi connectivity index (χ0v) is 10.1. The Kier molecular flexibility index (Phi) is 4.31. The maximum atomic E-state index is 12.1. The third-order valence-corrected chi connectivity index (χ3v) is 3.88. The van der Waals surface area contributed by atoms with Crippen molar-refractivity contribution in [3.05, 3.63) is 0 Å². The van der Waals surface area contributed by atoms with Crippen LogP contribution in [0.4, 0.5) is 13.2 Å². The molecular formula is C12H21F3N2. The Labute approximate surface area is 101 Å². The lowest BCUT2D eigenvalue weighted by Gasteiger charge is -2.29. The minimum atomic E-state index is -4.00. The van der Waals surface area contributed by atoms with Crippen LogP contribution in [0, 0.1) is 0 Å². The molecule has 2 saturated heterocycles. The van der Waals surface area contributed by atoms with E-state index in [1.54, 1.807) is 0 Å². The van der Waals surface area contributed by atoms with E-state index >= 15 is 0 Å². The molecule has 0 aromatic carbocycles. The van der Waals surface area contributed by atoms with Crippen molar-refractivity contribution in [3.63, 3.8) is 0 Å². The molecule has 0 aliphatic carbocycles. The van der Waals surface area contributed by atoms with Crippen molar-refractivity contribution in [2.24, 2.45) is 0 Å². The van der Waals surface area contributed by atoms with Crippen LogP contribution in [0.25, 0.3) is 0 Å². The number of alkyl halides is 3. The van der Waals surface area contributed by atoms with E-state index in [9.17, 15) is 13.2 Å². The van der Waals surface area contributed by atoms with Gasteiger partial charge in [-0.15, -0.1) is 0 Å². The summed E-state index contributed by atoms with van der Waals surface area (Å²) in [6, 6.07) is 0.995. The molecule has 0 saturated carbocycles. The molecule has 2 unspecified atom stereocenters. The van der Waals surface area contributed by atoms with Gasteiger partial charge in [-0.2, -0.15) is 13.2 Å². The average molecular weight is 250 g/mol. The molecule has 2 atom stereocenters. The van der Waals surface area contributed by atoms with Gasteiger partial charge in [0, 0.05) is 18.5 Å². The second-order valence-electron chi connectivity index (χ2n) is 5.17. The van der Waals surface area contributed by atoms with Crippen LogP contribution < -0.4 is 5.32 Å². The number of hydrogen-bond donors (Lipinski definition) is 1. The second kappa shape index (κ2) is 5.57. The van der Waals surface area contributed by atoms with Crippen molar-refractivity contribution in [1.82, 2.24) is 10.2 Å². The smallest absolute Gasteiger partial charge is 0.312 e. The molecule has 100 valence electrons. The molecule has 1 N–H and O–H groups in total. The summed E-state index contributed by atoms with van der Waals surface area (Å²) >= 11 is 0.